The molecule has 0 bridgehead atoms. The van der Waals surface area contributed by atoms with E-state index in [1.165, 1.54) is 0 Å². The lowest BCUT2D eigenvalue weighted by atomic mass is 10.0. The number of nitrogens with zero attached hydrogens (tertiary/aromatic N) is 1. The molecule has 9 heteroatoms. The van der Waals surface area contributed by atoms with E-state index in [1.807, 2.05) is 30.3 Å². The van der Waals surface area contributed by atoms with Gasteiger partial charge in [0.15, 0.2) is 0 Å². The standard InChI is InChI=1S/C27H43N3O6/c1-18(23(32)30-15-11-14-21(30)24(33)35-26(2,3)4)28-17-22(31)20(16-19-12-9-8-10-13-19)29-25(34)36-27(5,6)7/h8-10,12-13,18,20-22,28,31H,11,14-17H2,1-7H3,(H,29,34)/t18-,20?,21-,22?/m0/s1. The van der Waals surface area contributed by atoms with Crippen LogP contribution in [0.15, 0.2) is 30.3 Å². The van der Waals surface area contributed by atoms with E-state index in [-0.39, 0.29) is 12.5 Å². The zero-order chi connectivity index (χ0) is 27.1. The third kappa shape index (κ3) is 9.78. The van der Waals surface area contributed by atoms with E-state index < -0.39 is 47.5 Å². The van der Waals surface area contributed by atoms with Crippen LogP contribution in [0.2, 0.25) is 0 Å². The van der Waals surface area contributed by atoms with Gasteiger partial charge in [0.05, 0.1) is 18.2 Å². The van der Waals surface area contributed by atoms with E-state index in [0.29, 0.717) is 19.4 Å². The van der Waals surface area contributed by atoms with Crippen molar-refractivity contribution in [3.8, 4) is 0 Å². The summed E-state index contributed by atoms with van der Waals surface area (Å²) in [6.45, 7) is 13.0. The molecule has 4 atom stereocenters. The molecule has 0 radical (unpaired) electrons. The Morgan fingerprint density at radius 1 is 1.06 bits per heavy atom. The zero-order valence-corrected chi connectivity index (χ0v) is 22.7. The molecule has 2 rings (SSSR count). The van der Waals surface area contributed by atoms with Crippen molar-refractivity contribution >= 4 is 18.0 Å². The molecular weight excluding hydrogens is 462 g/mol. The number of likely N-dealkylation sites (tertiary alicyclic amines) is 1. The van der Waals surface area contributed by atoms with Crippen LogP contribution in [-0.2, 0) is 25.5 Å². The van der Waals surface area contributed by atoms with Crippen LogP contribution in [0, 0.1) is 0 Å². The fraction of sp³-hybridized carbons (Fsp3) is 0.667. The Morgan fingerprint density at radius 2 is 1.67 bits per heavy atom. The summed E-state index contributed by atoms with van der Waals surface area (Å²) < 4.78 is 10.9. The van der Waals surface area contributed by atoms with E-state index >= 15 is 0 Å². The van der Waals surface area contributed by atoms with Crippen LogP contribution >= 0.6 is 0 Å². The number of esters is 1. The number of benzene rings is 1. The SMILES string of the molecule is C[C@H](NCC(O)C(Cc1ccccc1)NC(=O)OC(C)(C)C)C(=O)N1CCC[C@H]1C(=O)OC(C)(C)C. The van der Waals surface area contributed by atoms with Crippen molar-refractivity contribution in [1.82, 2.24) is 15.5 Å². The Balaban J connectivity index is 2.01. The maximum atomic E-state index is 13.1. The second kappa shape index (κ2) is 12.5. The van der Waals surface area contributed by atoms with Crippen LogP contribution in [0.3, 0.4) is 0 Å². The molecule has 2 unspecified atom stereocenters. The summed E-state index contributed by atoms with van der Waals surface area (Å²) >= 11 is 0. The zero-order valence-electron chi connectivity index (χ0n) is 22.7. The molecule has 1 fully saturated rings. The van der Waals surface area contributed by atoms with Crippen molar-refractivity contribution in [1.29, 1.82) is 0 Å². The van der Waals surface area contributed by atoms with Crippen LogP contribution in [-0.4, -0.2) is 76.5 Å². The Kier molecular flexibility index (Phi) is 10.3. The maximum absolute atomic E-state index is 13.1. The summed E-state index contributed by atoms with van der Waals surface area (Å²) in [5, 5.41) is 16.8. The number of aliphatic hydroxyl groups excluding tert-OH is 1. The predicted molar refractivity (Wildman–Crippen MR) is 137 cm³/mol. The maximum Gasteiger partial charge on any atom is 0.407 e. The Hall–Kier alpha value is -2.65. The molecule has 0 aromatic heterocycles. The molecule has 1 aliphatic heterocycles. The lowest BCUT2D eigenvalue weighted by Gasteiger charge is -2.30. The molecule has 0 spiro atoms. The summed E-state index contributed by atoms with van der Waals surface area (Å²) in [7, 11) is 0. The number of nitrogens with one attached hydrogen (secondary N) is 2. The third-order valence-corrected chi connectivity index (χ3v) is 5.68. The third-order valence-electron chi connectivity index (χ3n) is 5.68. The number of carbonyl (C=O) groups is 3. The summed E-state index contributed by atoms with van der Waals surface area (Å²) in [5.74, 6) is -0.625. The molecule has 202 valence electrons. The van der Waals surface area contributed by atoms with Gasteiger partial charge in [-0.05, 0) is 73.3 Å². The molecule has 1 aromatic rings. The monoisotopic (exact) mass is 505 g/mol. The van der Waals surface area contributed by atoms with Gasteiger partial charge in [0.1, 0.15) is 17.2 Å². The van der Waals surface area contributed by atoms with Crippen molar-refractivity contribution in [2.45, 2.75) is 103 Å². The van der Waals surface area contributed by atoms with Gasteiger partial charge in [-0.3, -0.25) is 4.79 Å². The lowest BCUT2D eigenvalue weighted by molar-refractivity contribution is -0.163. The number of hydrogen-bond donors (Lipinski definition) is 3. The van der Waals surface area contributed by atoms with E-state index in [1.54, 1.807) is 53.4 Å². The number of amides is 2. The van der Waals surface area contributed by atoms with Gasteiger partial charge in [0.2, 0.25) is 5.91 Å². The van der Waals surface area contributed by atoms with Crippen molar-refractivity contribution < 1.29 is 29.0 Å². The van der Waals surface area contributed by atoms with Crippen LogP contribution in [0.25, 0.3) is 0 Å². The van der Waals surface area contributed by atoms with E-state index in [4.69, 9.17) is 9.47 Å². The molecule has 1 heterocycles. The molecule has 1 saturated heterocycles. The van der Waals surface area contributed by atoms with Crippen LogP contribution < -0.4 is 10.6 Å². The number of ether oxygens (including phenoxy) is 2. The number of hydrogen-bond acceptors (Lipinski definition) is 7. The van der Waals surface area contributed by atoms with Crippen molar-refractivity contribution in [3.05, 3.63) is 35.9 Å². The van der Waals surface area contributed by atoms with Crippen molar-refractivity contribution in [2.24, 2.45) is 0 Å². The van der Waals surface area contributed by atoms with Crippen molar-refractivity contribution in [2.75, 3.05) is 13.1 Å². The highest BCUT2D eigenvalue weighted by atomic mass is 16.6. The molecule has 2 amide bonds. The van der Waals surface area contributed by atoms with Gasteiger partial charge in [-0.1, -0.05) is 30.3 Å². The fourth-order valence-corrected chi connectivity index (χ4v) is 4.03. The lowest BCUT2D eigenvalue weighted by Crippen LogP contribution is -2.54. The Labute approximate surface area is 214 Å². The van der Waals surface area contributed by atoms with E-state index in [9.17, 15) is 19.5 Å². The smallest absolute Gasteiger partial charge is 0.407 e. The van der Waals surface area contributed by atoms with E-state index in [2.05, 4.69) is 10.6 Å². The predicted octanol–water partition coefficient (Wildman–Crippen LogP) is 2.79. The first-order chi connectivity index (χ1) is 16.7. The number of aliphatic hydroxyl groups is 1. The van der Waals surface area contributed by atoms with Gasteiger partial charge in [-0.15, -0.1) is 0 Å². The second-order valence-electron chi connectivity index (χ2n) is 11.4. The average molecular weight is 506 g/mol. The van der Waals surface area contributed by atoms with Gasteiger partial charge < -0.3 is 30.1 Å². The van der Waals surface area contributed by atoms with Gasteiger partial charge in [0, 0.05) is 13.1 Å². The van der Waals surface area contributed by atoms with Crippen molar-refractivity contribution in [3.63, 3.8) is 0 Å². The minimum Gasteiger partial charge on any atom is -0.458 e. The summed E-state index contributed by atoms with van der Waals surface area (Å²) in [6.07, 6.45) is 0.0638. The Bertz CT molecular complexity index is 878. The van der Waals surface area contributed by atoms with Crippen LogP contribution in [0.5, 0.6) is 0 Å². The molecular formula is C27H43N3O6. The minimum atomic E-state index is -0.992. The quantitative estimate of drug-likeness (QED) is 0.442. The molecule has 0 saturated carbocycles. The number of carbonyl (C=O) groups excluding carboxylic acids is 3. The summed E-state index contributed by atoms with van der Waals surface area (Å²) in [6, 6.07) is 7.63. The first kappa shape index (κ1) is 29.6. The molecule has 1 aromatic carbocycles. The first-order valence-electron chi connectivity index (χ1n) is 12.6. The van der Waals surface area contributed by atoms with Crippen LogP contribution in [0.1, 0.15) is 66.9 Å². The molecule has 0 aliphatic carbocycles. The highest BCUT2D eigenvalue weighted by Gasteiger charge is 2.38. The second-order valence-corrected chi connectivity index (χ2v) is 11.4. The normalized spacial score (nSPS) is 18.8. The largest absolute Gasteiger partial charge is 0.458 e. The molecule has 1 aliphatic rings. The number of alkyl carbamates (subject to hydrolysis) is 1. The topological polar surface area (TPSA) is 117 Å². The summed E-state index contributed by atoms with van der Waals surface area (Å²) in [4.78, 5) is 39.7. The Morgan fingerprint density at radius 3 is 2.25 bits per heavy atom. The molecule has 9 nitrogen and oxygen atoms in total. The van der Waals surface area contributed by atoms with Gasteiger partial charge in [-0.2, -0.15) is 0 Å². The molecule has 3 N–H and O–H groups in total. The highest BCUT2D eigenvalue weighted by Crippen LogP contribution is 2.22. The summed E-state index contributed by atoms with van der Waals surface area (Å²) in [5.41, 5.74) is -0.359. The van der Waals surface area contributed by atoms with Crippen LogP contribution in [0.4, 0.5) is 4.79 Å². The van der Waals surface area contributed by atoms with Gasteiger partial charge >= 0.3 is 12.1 Å². The highest BCUT2D eigenvalue weighted by molar-refractivity contribution is 5.88. The molecule has 36 heavy (non-hydrogen) atoms. The average Bonchev–Trinajstić information content (AvgIpc) is 3.24. The number of rotatable bonds is 9. The minimum absolute atomic E-state index is 0.0607. The van der Waals surface area contributed by atoms with Gasteiger partial charge in [0.25, 0.3) is 0 Å². The van der Waals surface area contributed by atoms with Gasteiger partial charge in [-0.25, -0.2) is 9.59 Å². The fourth-order valence-electron chi connectivity index (χ4n) is 4.03. The first-order valence-corrected chi connectivity index (χ1v) is 12.6. The van der Waals surface area contributed by atoms with E-state index in [0.717, 1.165) is 12.0 Å².